The molecule has 0 amide bonds. The van der Waals surface area contributed by atoms with Crippen LogP contribution in [-0.4, -0.2) is 4.98 Å². The van der Waals surface area contributed by atoms with Gasteiger partial charge in [0.1, 0.15) is 0 Å². The van der Waals surface area contributed by atoms with Crippen molar-refractivity contribution in [2.45, 2.75) is 0 Å². The largest absolute Gasteiger partial charge is 0.463 e. The first-order valence-corrected chi connectivity index (χ1v) is 2.85. The SMILES string of the molecule is C=Cc1ccccn1.N#[N+][O-]. The summed E-state index contributed by atoms with van der Waals surface area (Å²) in [6, 6.07) is 5.73. The van der Waals surface area contributed by atoms with Crippen molar-refractivity contribution in [2.75, 3.05) is 0 Å². The second kappa shape index (κ2) is 6.23. The maximum atomic E-state index is 8.11. The van der Waals surface area contributed by atoms with E-state index in [1.165, 1.54) is 5.14 Å². The molecule has 0 fully saturated rings. The van der Waals surface area contributed by atoms with Crippen molar-refractivity contribution in [1.29, 1.82) is 5.39 Å². The third kappa shape index (κ3) is 4.60. The average molecular weight is 149 g/mol. The molecular weight excluding hydrogens is 142 g/mol. The molecule has 0 aromatic carbocycles. The highest BCUT2D eigenvalue weighted by atomic mass is 16.4. The van der Waals surface area contributed by atoms with Crippen molar-refractivity contribution < 1.29 is 0 Å². The first-order chi connectivity index (χ1) is 5.35. The maximum absolute atomic E-state index is 8.11. The summed E-state index contributed by atoms with van der Waals surface area (Å²) in [5.41, 5.74) is 0.924. The van der Waals surface area contributed by atoms with Gasteiger partial charge in [-0.1, -0.05) is 12.6 Å². The number of hydrogen-bond donors (Lipinski definition) is 0. The zero-order valence-corrected chi connectivity index (χ0v) is 5.84. The molecule has 4 nitrogen and oxygen atoms in total. The van der Waals surface area contributed by atoms with E-state index in [1.54, 1.807) is 12.3 Å². The number of nitrogens with zero attached hydrogens (tertiary/aromatic N) is 3. The van der Waals surface area contributed by atoms with Crippen LogP contribution in [0.3, 0.4) is 0 Å². The van der Waals surface area contributed by atoms with Gasteiger partial charge in [-0.3, -0.25) is 4.98 Å². The molecule has 0 N–H and O–H groups in total. The Labute approximate surface area is 64.4 Å². The van der Waals surface area contributed by atoms with Crippen LogP contribution in [0.2, 0.25) is 0 Å². The van der Waals surface area contributed by atoms with Crippen molar-refractivity contribution in [3.05, 3.63) is 47.0 Å². The van der Waals surface area contributed by atoms with Gasteiger partial charge in [-0.2, -0.15) is 0 Å². The first-order valence-electron chi connectivity index (χ1n) is 2.85. The smallest absolute Gasteiger partial charge is 0.237 e. The van der Waals surface area contributed by atoms with Crippen LogP contribution in [0.5, 0.6) is 0 Å². The van der Waals surface area contributed by atoms with Gasteiger partial charge in [0.2, 0.25) is 10.5 Å². The van der Waals surface area contributed by atoms with Gasteiger partial charge in [0.05, 0.1) is 5.69 Å². The third-order valence-electron chi connectivity index (χ3n) is 0.897. The molecule has 0 aliphatic heterocycles. The van der Waals surface area contributed by atoms with Crippen LogP contribution in [0.25, 0.3) is 11.2 Å². The fourth-order valence-electron chi connectivity index (χ4n) is 0.497. The number of hydrogen-bond acceptors (Lipinski definition) is 3. The molecule has 0 unspecified atom stereocenters. The Morgan fingerprint density at radius 2 is 2.27 bits per heavy atom. The molecule has 0 radical (unpaired) electrons. The normalized spacial score (nSPS) is 6.82. The quantitative estimate of drug-likeness (QED) is 0.453. The van der Waals surface area contributed by atoms with Gasteiger partial charge in [0, 0.05) is 6.20 Å². The summed E-state index contributed by atoms with van der Waals surface area (Å²) >= 11 is 0. The van der Waals surface area contributed by atoms with Gasteiger partial charge < -0.3 is 5.21 Å². The van der Waals surface area contributed by atoms with Gasteiger partial charge in [-0.05, 0) is 18.2 Å². The minimum atomic E-state index is 0.924. The van der Waals surface area contributed by atoms with Gasteiger partial charge >= 0.3 is 0 Å². The Morgan fingerprint density at radius 1 is 1.64 bits per heavy atom. The zero-order valence-electron chi connectivity index (χ0n) is 5.84. The van der Waals surface area contributed by atoms with Gasteiger partial charge in [-0.15, -0.1) is 0 Å². The first kappa shape index (κ1) is 9.11. The number of pyridine rings is 1. The van der Waals surface area contributed by atoms with Crippen LogP contribution < -0.4 is 0 Å². The minimum Gasteiger partial charge on any atom is -0.463 e. The number of rotatable bonds is 1. The molecule has 0 bridgehead atoms. The molecule has 1 rings (SSSR count). The Balaban J connectivity index is 0.000000292. The molecular formula is C7H7N3O. The van der Waals surface area contributed by atoms with E-state index in [4.69, 9.17) is 10.6 Å². The molecule has 0 saturated carbocycles. The van der Waals surface area contributed by atoms with E-state index in [2.05, 4.69) is 11.6 Å². The lowest BCUT2D eigenvalue weighted by Crippen LogP contribution is -1.73. The number of aromatic nitrogens is 1. The lowest BCUT2D eigenvalue weighted by Gasteiger charge is -1.84. The van der Waals surface area contributed by atoms with Crippen LogP contribution in [0.4, 0.5) is 0 Å². The Kier molecular flexibility index (Phi) is 5.16. The van der Waals surface area contributed by atoms with Crippen molar-refractivity contribution >= 4 is 6.08 Å². The van der Waals surface area contributed by atoms with Crippen molar-refractivity contribution in [3.63, 3.8) is 0 Å². The summed E-state index contributed by atoms with van der Waals surface area (Å²) in [5, 5.41) is 16.0. The van der Waals surface area contributed by atoms with E-state index >= 15 is 0 Å². The van der Waals surface area contributed by atoms with Crippen LogP contribution in [0, 0.1) is 10.6 Å². The molecule has 0 aliphatic carbocycles. The Hall–Kier alpha value is -1.89. The van der Waals surface area contributed by atoms with E-state index in [0.717, 1.165) is 5.69 Å². The van der Waals surface area contributed by atoms with Crippen LogP contribution in [0.15, 0.2) is 31.0 Å². The van der Waals surface area contributed by atoms with Gasteiger partial charge in [0.15, 0.2) is 0 Å². The highest BCUT2D eigenvalue weighted by Crippen LogP contribution is 1.91. The number of diazo groups is 1. The standard InChI is InChI=1S/C7H7N.N2O/c1-2-7-5-3-4-6-8-7;1-2-3/h2-6H,1H2;. The van der Waals surface area contributed by atoms with E-state index in [9.17, 15) is 0 Å². The van der Waals surface area contributed by atoms with E-state index in [0.29, 0.717) is 0 Å². The highest BCUT2D eigenvalue weighted by Gasteiger charge is 1.77. The van der Waals surface area contributed by atoms with E-state index in [1.807, 2.05) is 18.2 Å². The van der Waals surface area contributed by atoms with Gasteiger partial charge in [0.25, 0.3) is 0 Å². The average Bonchev–Trinajstić information content (AvgIpc) is 2.08. The second-order valence-corrected chi connectivity index (χ2v) is 1.54. The van der Waals surface area contributed by atoms with E-state index in [-0.39, 0.29) is 0 Å². The van der Waals surface area contributed by atoms with Gasteiger partial charge in [-0.25, -0.2) is 0 Å². The third-order valence-corrected chi connectivity index (χ3v) is 0.897. The molecule has 4 heteroatoms. The lowest BCUT2D eigenvalue weighted by molar-refractivity contribution is 1.30. The molecule has 11 heavy (non-hydrogen) atoms. The monoisotopic (exact) mass is 149 g/mol. The predicted octanol–water partition coefficient (Wildman–Crippen LogP) is 2.06. The summed E-state index contributed by atoms with van der Waals surface area (Å²) in [4.78, 5) is 3.98. The topological polar surface area (TPSA) is 64.1 Å². The molecule has 0 spiro atoms. The summed E-state index contributed by atoms with van der Waals surface area (Å²) in [6.07, 6.45) is 3.47. The predicted molar refractivity (Wildman–Crippen MR) is 42.8 cm³/mol. The maximum Gasteiger partial charge on any atom is 0.237 e. The highest BCUT2D eigenvalue weighted by molar-refractivity contribution is 5.40. The van der Waals surface area contributed by atoms with Crippen molar-refractivity contribution in [3.8, 4) is 0 Å². The fourth-order valence-corrected chi connectivity index (χ4v) is 0.497. The second-order valence-electron chi connectivity index (χ2n) is 1.54. The molecule has 1 aromatic heterocycles. The molecule has 0 aliphatic rings. The summed E-state index contributed by atoms with van der Waals surface area (Å²) < 4.78 is 0. The summed E-state index contributed by atoms with van der Waals surface area (Å²) in [7, 11) is 0. The van der Waals surface area contributed by atoms with Crippen LogP contribution >= 0.6 is 0 Å². The minimum absolute atomic E-state index is 0.924. The summed E-state index contributed by atoms with van der Waals surface area (Å²) in [6.45, 7) is 3.57. The van der Waals surface area contributed by atoms with Crippen molar-refractivity contribution in [2.24, 2.45) is 0 Å². The molecule has 1 heterocycles. The van der Waals surface area contributed by atoms with E-state index < -0.39 is 0 Å². The molecule has 56 valence electrons. The van der Waals surface area contributed by atoms with Crippen LogP contribution in [-0.2, 0) is 0 Å². The zero-order chi connectivity index (χ0) is 8.53. The van der Waals surface area contributed by atoms with Crippen molar-refractivity contribution in [1.82, 2.24) is 4.98 Å². The Morgan fingerprint density at radius 3 is 2.55 bits per heavy atom. The lowest BCUT2D eigenvalue weighted by atomic mass is 10.4. The summed E-state index contributed by atoms with van der Waals surface area (Å²) in [5.74, 6) is 0. The van der Waals surface area contributed by atoms with Crippen LogP contribution in [0.1, 0.15) is 5.69 Å². The molecule has 1 aromatic rings. The molecule has 0 saturated heterocycles. The molecule has 0 atom stereocenters. The Bertz CT molecular complexity index is 240. The fraction of sp³-hybridized carbons (Fsp3) is 0.